The number of benzene rings is 2. The van der Waals surface area contributed by atoms with E-state index >= 15 is 0 Å². The third-order valence-corrected chi connectivity index (χ3v) is 5.82. The van der Waals surface area contributed by atoms with Crippen LogP contribution in [-0.4, -0.2) is 50.5 Å². The van der Waals surface area contributed by atoms with Crippen LogP contribution in [0, 0.1) is 10.1 Å². The first kappa shape index (κ1) is 22.3. The fraction of sp³-hybridized carbons (Fsp3) is 0.176. The largest absolute Gasteiger partial charge is 0.495 e. The second-order valence-electron chi connectivity index (χ2n) is 5.67. The number of nitro groups is 1. The van der Waals surface area contributed by atoms with Gasteiger partial charge in [0.05, 0.1) is 40.3 Å². The Labute approximate surface area is 171 Å². The molecule has 0 saturated carbocycles. The number of hydrogen-bond donors (Lipinski definition) is 1. The molecule has 0 unspecified atom stereocenters. The monoisotopic (exact) mass is 440 g/mol. The highest BCUT2D eigenvalue weighted by Gasteiger charge is 2.24. The number of hydrazone groups is 1. The molecular weight excluding hydrogens is 424 g/mol. The standard InChI is InChI=1S/C17H17ClN4O6S/c1-21(29(26,27)13-7-8-16(28-2)14(18)9-13)11-17(23)20-19-10-12-5-3-4-6-15(12)22(24)25/h3-10H,11H2,1-2H3,(H,20,23). The highest BCUT2D eigenvalue weighted by molar-refractivity contribution is 7.89. The van der Waals surface area contributed by atoms with Gasteiger partial charge in [0.2, 0.25) is 10.0 Å². The number of carbonyl (C=O) groups is 1. The van der Waals surface area contributed by atoms with Gasteiger partial charge in [-0.2, -0.15) is 9.41 Å². The Bertz CT molecular complexity index is 1060. The molecule has 29 heavy (non-hydrogen) atoms. The van der Waals surface area contributed by atoms with Crippen LogP contribution in [0.1, 0.15) is 5.56 Å². The SMILES string of the molecule is COc1ccc(S(=O)(=O)N(C)CC(=O)NN=Cc2ccccc2[N+](=O)[O-])cc1Cl. The molecule has 2 rings (SSSR count). The van der Waals surface area contributed by atoms with Crippen molar-refractivity contribution in [3.8, 4) is 5.75 Å². The predicted octanol–water partition coefficient (Wildman–Crippen LogP) is 2.03. The van der Waals surface area contributed by atoms with Crippen LogP contribution in [-0.2, 0) is 14.8 Å². The van der Waals surface area contributed by atoms with Crippen molar-refractivity contribution in [3.63, 3.8) is 0 Å². The number of ether oxygens (including phenoxy) is 1. The molecule has 0 aromatic heterocycles. The minimum Gasteiger partial charge on any atom is -0.495 e. The Kier molecular flexibility index (Phi) is 7.26. The molecule has 0 spiro atoms. The van der Waals surface area contributed by atoms with Gasteiger partial charge in [-0.3, -0.25) is 14.9 Å². The van der Waals surface area contributed by atoms with Gasteiger partial charge in [-0.05, 0) is 24.3 Å². The maximum Gasteiger partial charge on any atom is 0.278 e. The molecule has 0 fully saturated rings. The first-order valence-corrected chi connectivity index (χ1v) is 9.84. The molecule has 0 aliphatic carbocycles. The van der Waals surface area contributed by atoms with E-state index in [-0.39, 0.29) is 21.2 Å². The molecule has 0 aliphatic heterocycles. The number of nitrogens with one attached hydrogen (secondary N) is 1. The Morgan fingerprint density at radius 1 is 1.34 bits per heavy atom. The molecule has 0 radical (unpaired) electrons. The molecule has 0 atom stereocenters. The number of amides is 1. The summed E-state index contributed by atoms with van der Waals surface area (Å²) in [7, 11) is -1.37. The zero-order chi connectivity index (χ0) is 21.6. The van der Waals surface area contributed by atoms with Gasteiger partial charge < -0.3 is 4.74 Å². The number of methoxy groups -OCH3 is 1. The van der Waals surface area contributed by atoms with E-state index in [0.29, 0.717) is 5.75 Å². The van der Waals surface area contributed by atoms with Crippen molar-refractivity contribution in [1.29, 1.82) is 0 Å². The summed E-state index contributed by atoms with van der Waals surface area (Å²) >= 11 is 5.95. The maximum atomic E-state index is 12.6. The van der Waals surface area contributed by atoms with E-state index in [2.05, 4.69) is 10.5 Å². The number of nitrogens with zero attached hydrogens (tertiary/aromatic N) is 3. The summed E-state index contributed by atoms with van der Waals surface area (Å²) in [6, 6.07) is 9.76. The minimum absolute atomic E-state index is 0.109. The molecule has 2 aromatic carbocycles. The van der Waals surface area contributed by atoms with Crippen LogP contribution in [0.5, 0.6) is 5.75 Å². The van der Waals surface area contributed by atoms with Gasteiger partial charge in [-0.1, -0.05) is 23.7 Å². The number of likely N-dealkylation sites (N-methyl/N-ethyl adjacent to an activating group) is 1. The lowest BCUT2D eigenvalue weighted by atomic mass is 10.2. The fourth-order valence-corrected chi connectivity index (χ4v) is 3.72. The fourth-order valence-electron chi connectivity index (χ4n) is 2.25. The summed E-state index contributed by atoms with van der Waals surface area (Å²) in [5, 5.41) is 14.7. The second-order valence-corrected chi connectivity index (χ2v) is 8.12. The number of para-hydroxylation sites is 1. The van der Waals surface area contributed by atoms with Crippen LogP contribution in [0.25, 0.3) is 0 Å². The first-order valence-electron chi connectivity index (χ1n) is 8.02. The molecule has 1 amide bonds. The Morgan fingerprint density at radius 2 is 2.03 bits per heavy atom. The Morgan fingerprint density at radius 3 is 2.66 bits per heavy atom. The van der Waals surface area contributed by atoms with Crippen molar-refractivity contribution >= 4 is 39.4 Å². The van der Waals surface area contributed by atoms with E-state index < -0.39 is 27.4 Å². The van der Waals surface area contributed by atoms with Gasteiger partial charge in [-0.25, -0.2) is 13.8 Å². The van der Waals surface area contributed by atoms with E-state index in [0.717, 1.165) is 10.5 Å². The normalized spacial score (nSPS) is 11.6. The lowest BCUT2D eigenvalue weighted by molar-refractivity contribution is -0.385. The molecule has 2 aromatic rings. The molecule has 154 valence electrons. The smallest absolute Gasteiger partial charge is 0.278 e. The number of rotatable bonds is 8. The third kappa shape index (κ3) is 5.50. The van der Waals surface area contributed by atoms with Crippen molar-refractivity contribution in [2.45, 2.75) is 4.90 Å². The van der Waals surface area contributed by atoms with Gasteiger partial charge in [0.1, 0.15) is 5.75 Å². The molecule has 0 aliphatic rings. The summed E-state index contributed by atoms with van der Waals surface area (Å²) in [5.74, 6) is -0.416. The molecule has 0 bridgehead atoms. The van der Waals surface area contributed by atoms with E-state index in [1.165, 1.54) is 50.6 Å². The molecular formula is C17H17ClN4O6S. The van der Waals surface area contributed by atoms with Crippen molar-refractivity contribution < 1.29 is 22.9 Å². The number of carbonyl (C=O) groups excluding carboxylic acids is 1. The van der Waals surface area contributed by atoms with Crippen LogP contribution in [0.15, 0.2) is 52.5 Å². The Hall–Kier alpha value is -3.02. The van der Waals surface area contributed by atoms with Gasteiger partial charge in [0.25, 0.3) is 11.6 Å². The van der Waals surface area contributed by atoms with Crippen molar-refractivity contribution in [2.75, 3.05) is 20.7 Å². The summed E-state index contributed by atoms with van der Waals surface area (Å²) in [5.41, 5.74) is 2.14. The average molecular weight is 441 g/mol. The van der Waals surface area contributed by atoms with Crippen LogP contribution >= 0.6 is 11.6 Å². The number of halogens is 1. The maximum absolute atomic E-state index is 12.6. The van der Waals surface area contributed by atoms with Gasteiger partial charge in [-0.15, -0.1) is 0 Å². The average Bonchev–Trinajstić information content (AvgIpc) is 2.68. The Balaban J connectivity index is 2.05. The van der Waals surface area contributed by atoms with Gasteiger partial charge in [0, 0.05) is 13.1 Å². The molecule has 1 N–H and O–H groups in total. The molecule has 0 heterocycles. The summed E-state index contributed by atoms with van der Waals surface area (Å²) in [6.45, 7) is -0.528. The van der Waals surface area contributed by atoms with Crippen LogP contribution in [0.3, 0.4) is 0 Å². The van der Waals surface area contributed by atoms with E-state index in [1.54, 1.807) is 6.07 Å². The minimum atomic E-state index is -3.99. The predicted molar refractivity (Wildman–Crippen MR) is 107 cm³/mol. The highest BCUT2D eigenvalue weighted by atomic mass is 35.5. The lowest BCUT2D eigenvalue weighted by Crippen LogP contribution is -2.36. The van der Waals surface area contributed by atoms with Crippen LogP contribution in [0.2, 0.25) is 5.02 Å². The number of sulfonamides is 1. The van der Waals surface area contributed by atoms with Crippen molar-refractivity contribution in [1.82, 2.24) is 9.73 Å². The first-order chi connectivity index (χ1) is 13.7. The second kappa shape index (κ2) is 9.45. The van der Waals surface area contributed by atoms with Gasteiger partial charge in [0.15, 0.2) is 0 Å². The van der Waals surface area contributed by atoms with Crippen LogP contribution < -0.4 is 10.2 Å². The highest BCUT2D eigenvalue weighted by Crippen LogP contribution is 2.28. The molecule has 10 nitrogen and oxygen atoms in total. The lowest BCUT2D eigenvalue weighted by Gasteiger charge is -2.16. The summed E-state index contributed by atoms with van der Waals surface area (Å²) in [6.07, 6.45) is 1.10. The number of hydrogen-bond acceptors (Lipinski definition) is 7. The zero-order valence-corrected chi connectivity index (χ0v) is 17.0. The quantitative estimate of drug-likeness (QED) is 0.379. The number of nitro benzene ring substituents is 1. The zero-order valence-electron chi connectivity index (χ0n) is 15.4. The molecule has 12 heteroatoms. The van der Waals surface area contributed by atoms with Crippen molar-refractivity contribution in [2.24, 2.45) is 5.10 Å². The summed E-state index contributed by atoms with van der Waals surface area (Å²) in [4.78, 5) is 22.2. The van der Waals surface area contributed by atoms with Crippen LogP contribution in [0.4, 0.5) is 5.69 Å². The topological polar surface area (TPSA) is 131 Å². The van der Waals surface area contributed by atoms with E-state index in [9.17, 15) is 23.3 Å². The van der Waals surface area contributed by atoms with Crippen molar-refractivity contribution in [3.05, 3.63) is 63.2 Å². The van der Waals surface area contributed by atoms with E-state index in [4.69, 9.17) is 16.3 Å². The van der Waals surface area contributed by atoms with E-state index in [1.807, 2.05) is 0 Å². The third-order valence-electron chi connectivity index (χ3n) is 3.72. The summed E-state index contributed by atoms with van der Waals surface area (Å²) < 4.78 is 30.9. The molecule has 0 saturated heterocycles. The van der Waals surface area contributed by atoms with Gasteiger partial charge >= 0.3 is 0 Å².